The monoisotopic (exact) mass is 402 g/mol. The summed E-state index contributed by atoms with van der Waals surface area (Å²) in [5.74, 6) is -15.3. The lowest BCUT2D eigenvalue weighted by molar-refractivity contribution is 0.0683. The van der Waals surface area contributed by atoms with Crippen LogP contribution in [0.2, 0.25) is 0 Å². The number of aromatic carboxylic acids is 1. The maximum Gasteiger partial charge on any atom is 0.341 e. The average Bonchev–Trinajstić information content (AvgIpc) is 2.62. The van der Waals surface area contributed by atoms with E-state index in [-0.39, 0.29) is 0 Å². The molecule has 2 rings (SSSR count). The lowest BCUT2D eigenvalue weighted by Gasteiger charge is -2.06. The minimum atomic E-state index is -2.06. The standard InChI is InChI=1S/C8H4F4O2.C8H6F4O/c1-2-4(9)6(11)3(8(13)14)7(12)5(2)10;1-3-5(9)7(11)4(2-13)8(12)6(3)10/h1H3,(H,13,14);13H,2H2,1H3. The van der Waals surface area contributed by atoms with Crippen molar-refractivity contribution < 1.29 is 50.1 Å². The van der Waals surface area contributed by atoms with Crippen LogP contribution in [0.3, 0.4) is 0 Å². The van der Waals surface area contributed by atoms with Gasteiger partial charge in [0, 0.05) is 11.1 Å². The first kappa shape index (κ1) is 22.4. The molecular weight excluding hydrogens is 392 g/mol. The number of hydrogen-bond donors (Lipinski definition) is 2. The molecule has 0 heterocycles. The van der Waals surface area contributed by atoms with Crippen molar-refractivity contribution >= 4 is 5.97 Å². The predicted molar refractivity (Wildman–Crippen MR) is 74.9 cm³/mol. The van der Waals surface area contributed by atoms with Crippen molar-refractivity contribution in [2.45, 2.75) is 20.5 Å². The summed E-state index contributed by atoms with van der Waals surface area (Å²) in [6.45, 7) is 0.645. The van der Waals surface area contributed by atoms with Gasteiger partial charge < -0.3 is 10.2 Å². The van der Waals surface area contributed by atoms with Crippen LogP contribution in [0.1, 0.15) is 27.0 Å². The lowest BCUT2D eigenvalue weighted by Crippen LogP contribution is -2.11. The third kappa shape index (κ3) is 4.02. The Labute approximate surface area is 146 Å². The molecule has 0 fully saturated rings. The van der Waals surface area contributed by atoms with E-state index in [1.54, 1.807) is 0 Å². The SMILES string of the molecule is Cc1c(F)c(F)c(C(=O)O)c(F)c1F.Cc1c(F)c(F)c(CO)c(F)c1F. The van der Waals surface area contributed by atoms with E-state index < -0.39 is 81.4 Å². The third-order valence-electron chi connectivity index (χ3n) is 3.43. The first-order chi connectivity index (χ1) is 12.4. The van der Waals surface area contributed by atoms with Gasteiger partial charge in [0.2, 0.25) is 0 Å². The number of hydrogen-bond acceptors (Lipinski definition) is 2. The van der Waals surface area contributed by atoms with Crippen molar-refractivity contribution in [3.05, 3.63) is 68.8 Å². The summed E-state index contributed by atoms with van der Waals surface area (Å²) in [6.07, 6.45) is 0. The van der Waals surface area contributed by atoms with E-state index in [1.165, 1.54) is 0 Å². The fourth-order valence-corrected chi connectivity index (χ4v) is 1.85. The molecule has 0 amide bonds. The van der Waals surface area contributed by atoms with Crippen LogP contribution in [0.15, 0.2) is 0 Å². The molecule has 0 saturated carbocycles. The fourth-order valence-electron chi connectivity index (χ4n) is 1.85. The number of aliphatic hydroxyl groups is 1. The number of benzene rings is 2. The highest BCUT2D eigenvalue weighted by molar-refractivity contribution is 5.88. The highest BCUT2D eigenvalue weighted by Crippen LogP contribution is 2.24. The molecule has 0 aliphatic carbocycles. The van der Waals surface area contributed by atoms with E-state index in [1.807, 2.05) is 0 Å². The molecule has 11 heteroatoms. The van der Waals surface area contributed by atoms with E-state index in [0.29, 0.717) is 0 Å². The van der Waals surface area contributed by atoms with E-state index in [2.05, 4.69) is 0 Å². The van der Waals surface area contributed by atoms with Gasteiger partial charge in [-0.2, -0.15) is 0 Å². The summed E-state index contributed by atoms with van der Waals surface area (Å²) < 4.78 is 102. The van der Waals surface area contributed by atoms with E-state index in [0.717, 1.165) is 13.8 Å². The molecule has 0 atom stereocenters. The minimum Gasteiger partial charge on any atom is -0.477 e. The van der Waals surface area contributed by atoms with Crippen LogP contribution in [0.5, 0.6) is 0 Å². The molecule has 148 valence electrons. The van der Waals surface area contributed by atoms with Gasteiger partial charge in [-0.1, -0.05) is 0 Å². The smallest absolute Gasteiger partial charge is 0.341 e. The molecule has 0 aromatic heterocycles. The number of rotatable bonds is 2. The third-order valence-corrected chi connectivity index (χ3v) is 3.43. The largest absolute Gasteiger partial charge is 0.477 e. The molecule has 0 bridgehead atoms. The van der Waals surface area contributed by atoms with Gasteiger partial charge in [-0.05, 0) is 13.8 Å². The molecule has 2 N–H and O–H groups in total. The van der Waals surface area contributed by atoms with Crippen molar-refractivity contribution in [1.82, 2.24) is 0 Å². The summed E-state index contributed by atoms with van der Waals surface area (Å²) >= 11 is 0. The fraction of sp³-hybridized carbons (Fsp3) is 0.188. The average molecular weight is 402 g/mol. The first-order valence-electron chi connectivity index (χ1n) is 6.86. The van der Waals surface area contributed by atoms with E-state index in [9.17, 15) is 39.9 Å². The van der Waals surface area contributed by atoms with Crippen molar-refractivity contribution in [2.24, 2.45) is 0 Å². The molecule has 3 nitrogen and oxygen atoms in total. The van der Waals surface area contributed by atoms with Crippen molar-refractivity contribution in [3.8, 4) is 0 Å². The molecule has 0 aliphatic rings. The quantitative estimate of drug-likeness (QED) is 0.582. The Kier molecular flexibility index (Phi) is 6.90. The van der Waals surface area contributed by atoms with Crippen molar-refractivity contribution in [3.63, 3.8) is 0 Å². The Morgan fingerprint density at radius 2 is 0.963 bits per heavy atom. The summed E-state index contributed by atoms with van der Waals surface area (Å²) in [7, 11) is 0. The van der Waals surface area contributed by atoms with Crippen LogP contribution in [0.25, 0.3) is 0 Å². The van der Waals surface area contributed by atoms with Crippen LogP contribution in [-0.4, -0.2) is 16.2 Å². The van der Waals surface area contributed by atoms with Gasteiger partial charge in [0.1, 0.15) is 5.56 Å². The highest BCUT2D eigenvalue weighted by atomic mass is 19.2. The number of halogens is 8. The molecule has 0 aliphatic heterocycles. The van der Waals surface area contributed by atoms with Gasteiger partial charge in [-0.3, -0.25) is 0 Å². The van der Waals surface area contributed by atoms with Crippen molar-refractivity contribution in [2.75, 3.05) is 0 Å². The second kappa shape index (κ2) is 8.33. The second-order valence-electron chi connectivity index (χ2n) is 5.08. The second-order valence-corrected chi connectivity index (χ2v) is 5.08. The maximum absolute atomic E-state index is 12.8. The van der Waals surface area contributed by atoms with Gasteiger partial charge in [-0.25, -0.2) is 39.9 Å². The zero-order valence-corrected chi connectivity index (χ0v) is 13.5. The maximum atomic E-state index is 12.8. The molecule has 0 saturated heterocycles. The zero-order valence-electron chi connectivity index (χ0n) is 13.5. The normalized spacial score (nSPS) is 10.5. The Morgan fingerprint density at radius 1 is 0.667 bits per heavy atom. The molecule has 0 radical (unpaired) electrons. The van der Waals surface area contributed by atoms with Crippen LogP contribution >= 0.6 is 0 Å². The van der Waals surface area contributed by atoms with Crippen LogP contribution < -0.4 is 0 Å². The highest BCUT2D eigenvalue weighted by Gasteiger charge is 2.27. The Balaban J connectivity index is 0.000000271. The van der Waals surface area contributed by atoms with Crippen LogP contribution in [-0.2, 0) is 6.61 Å². The van der Waals surface area contributed by atoms with Gasteiger partial charge in [-0.15, -0.1) is 0 Å². The summed E-state index contributed by atoms with van der Waals surface area (Å²) in [6, 6.07) is 0. The van der Waals surface area contributed by atoms with Crippen molar-refractivity contribution in [1.29, 1.82) is 0 Å². The van der Waals surface area contributed by atoms with Gasteiger partial charge in [0.25, 0.3) is 0 Å². The van der Waals surface area contributed by atoms with E-state index >= 15 is 0 Å². The number of carboxylic acids is 1. The Hall–Kier alpha value is -2.69. The topological polar surface area (TPSA) is 57.5 Å². The molecular formula is C16H10F8O3. The first-order valence-corrected chi connectivity index (χ1v) is 6.86. The predicted octanol–water partition coefficient (Wildman–Crippen LogP) is 4.29. The number of carbonyl (C=O) groups is 1. The molecule has 27 heavy (non-hydrogen) atoms. The molecule has 2 aromatic carbocycles. The summed E-state index contributed by atoms with van der Waals surface area (Å²) in [4.78, 5) is 10.2. The molecule has 0 unspecified atom stereocenters. The lowest BCUT2D eigenvalue weighted by atomic mass is 10.1. The molecule has 0 spiro atoms. The Bertz CT molecular complexity index is 854. The Morgan fingerprint density at radius 3 is 1.22 bits per heavy atom. The minimum absolute atomic E-state index is 0.729. The summed E-state index contributed by atoms with van der Waals surface area (Å²) in [5, 5.41) is 16.7. The van der Waals surface area contributed by atoms with Gasteiger partial charge in [0.15, 0.2) is 46.5 Å². The van der Waals surface area contributed by atoms with Gasteiger partial charge in [0.05, 0.1) is 12.2 Å². The van der Waals surface area contributed by atoms with Gasteiger partial charge >= 0.3 is 5.97 Å². The number of aliphatic hydroxyl groups excluding tert-OH is 1. The zero-order chi connectivity index (χ0) is 21.2. The number of carboxylic acid groups (broad SMARTS) is 1. The van der Waals surface area contributed by atoms with Crippen LogP contribution in [0, 0.1) is 60.4 Å². The van der Waals surface area contributed by atoms with E-state index in [4.69, 9.17) is 10.2 Å². The van der Waals surface area contributed by atoms with Crippen LogP contribution in [0.4, 0.5) is 35.1 Å². The molecule has 2 aromatic rings. The summed E-state index contributed by atoms with van der Waals surface area (Å²) in [5.41, 5.74) is -4.22.